The van der Waals surface area contributed by atoms with E-state index in [0.29, 0.717) is 18.0 Å². The van der Waals surface area contributed by atoms with Crippen molar-refractivity contribution in [1.82, 2.24) is 5.32 Å². The highest BCUT2D eigenvalue weighted by Gasteiger charge is 2.15. The van der Waals surface area contributed by atoms with Crippen molar-refractivity contribution in [2.45, 2.75) is 26.2 Å². The van der Waals surface area contributed by atoms with E-state index in [1.807, 2.05) is 0 Å². The summed E-state index contributed by atoms with van der Waals surface area (Å²) >= 11 is 0. The van der Waals surface area contributed by atoms with Gasteiger partial charge in [0, 0.05) is 12.1 Å². The maximum Gasteiger partial charge on any atom is 0.224 e. The van der Waals surface area contributed by atoms with Gasteiger partial charge in [0.1, 0.15) is 5.82 Å². The molecule has 1 amide bonds. The summed E-state index contributed by atoms with van der Waals surface area (Å²) in [6, 6.07) is 4.40. The van der Waals surface area contributed by atoms with E-state index in [1.54, 1.807) is 13.0 Å². The Balaban J connectivity index is 1.82. The molecule has 1 aliphatic rings. The number of halogens is 1. The molecular formula is C14H19FN2O. The van der Waals surface area contributed by atoms with Crippen molar-refractivity contribution in [3.8, 4) is 0 Å². The smallest absolute Gasteiger partial charge is 0.224 e. The van der Waals surface area contributed by atoms with Crippen LogP contribution in [0.3, 0.4) is 0 Å². The van der Waals surface area contributed by atoms with Gasteiger partial charge in [-0.25, -0.2) is 4.39 Å². The summed E-state index contributed by atoms with van der Waals surface area (Å²) in [5, 5.41) is 6.12. The molecule has 1 aromatic rings. The Hall–Kier alpha value is -1.42. The monoisotopic (exact) mass is 250 g/mol. The Morgan fingerprint density at radius 3 is 3.06 bits per heavy atom. The summed E-state index contributed by atoms with van der Waals surface area (Å²) in [6.45, 7) is 3.87. The zero-order valence-electron chi connectivity index (χ0n) is 10.6. The summed E-state index contributed by atoms with van der Waals surface area (Å²) < 4.78 is 12.9. The van der Waals surface area contributed by atoms with Gasteiger partial charge >= 0.3 is 0 Å². The SMILES string of the molecule is Cc1cc(F)ccc1NC(=O)CCC1CCNC1. The number of carbonyl (C=O) groups excluding carboxylic acids is 1. The fourth-order valence-corrected chi connectivity index (χ4v) is 2.28. The lowest BCUT2D eigenvalue weighted by molar-refractivity contribution is -0.116. The number of anilines is 1. The van der Waals surface area contributed by atoms with E-state index in [0.717, 1.165) is 31.5 Å². The van der Waals surface area contributed by atoms with E-state index < -0.39 is 0 Å². The van der Waals surface area contributed by atoms with Gasteiger partial charge in [-0.1, -0.05) is 0 Å². The van der Waals surface area contributed by atoms with Gasteiger partial charge < -0.3 is 10.6 Å². The zero-order valence-corrected chi connectivity index (χ0v) is 10.6. The minimum absolute atomic E-state index is 0.0107. The van der Waals surface area contributed by atoms with Crippen LogP contribution in [0.2, 0.25) is 0 Å². The molecule has 1 heterocycles. The second-order valence-corrected chi connectivity index (χ2v) is 4.90. The number of hydrogen-bond acceptors (Lipinski definition) is 2. The average molecular weight is 250 g/mol. The first-order chi connectivity index (χ1) is 8.65. The molecule has 0 saturated carbocycles. The molecule has 0 aromatic heterocycles. The first-order valence-corrected chi connectivity index (χ1v) is 6.42. The normalized spacial score (nSPS) is 18.9. The van der Waals surface area contributed by atoms with Gasteiger partial charge in [-0.05, 0) is 62.5 Å². The minimum atomic E-state index is -0.275. The van der Waals surface area contributed by atoms with Crippen molar-refractivity contribution in [3.63, 3.8) is 0 Å². The molecule has 4 heteroatoms. The van der Waals surface area contributed by atoms with Crippen LogP contribution >= 0.6 is 0 Å². The summed E-state index contributed by atoms with van der Waals surface area (Å²) in [6.07, 6.45) is 2.60. The molecule has 1 aliphatic heterocycles. The fourth-order valence-electron chi connectivity index (χ4n) is 2.28. The van der Waals surface area contributed by atoms with Gasteiger partial charge in [0.15, 0.2) is 0 Å². The summed E-state index contributed by atoms with van der Waals surface area (Å²) in [5.41, 5.74) is 1.46. The topological polar surface area (TPSA) is 41.1 Å². The van der Waals surface area contributed by atoms with Crippen molar-refractivity contribution in [2.24, 2.45) is 5.92 Å². The third-order valence-electron chi connectivity index (χ3n) is 3.40. The average Bonchev–Trinajstić information content (AvgIpc) is 2.83. The summed E-state index contributed by atoms with van der Waals surface area (Å²) in [7, 11) is 0. The van der Waals surface area contributed by atoms with Gasteiger partial charge in [-0.3, -0.25) is 4.79 Å². The molecule has 1 aromatic carbocycles. The molecule has 18 heavy (non-hydrogen) atoms. The lowest BCUT2D eigenvalue weighted by atomic mass is 10.0. The number of rotatable bonds is 4. The second-order valence-electron chi connectivity index (χ2n) is 4.90. The van der Waals surface area contributed by atoms with Crippen LogP contribution < -0.4 is 10.6 Å². The van der Waals surface area contributed by atoms with Gasteiger partial charge in [-0.15, -0.1) is 0 Å². The van der Waals surface area contributed by atoms with Crippen molar-refractivity contribution >= 4 is 11.6 Å². The Morgan fingerprint density at radius 1 is 1.56 bits per heavy atom. The Morgan fingerprint density at radius 2 is 2.39 bits per heavy atom. The largest absolute Gasteiger partial charge is 0.326 e. The standard InChI is InChI=1S/C14H19FN2O/c1-10-8-12(15)3-4-13(10)17-14(18)5-2-11-6-7-16-9-11/h3-4,8,11,16H,2,5-7,9H2,1H3,(H,17,18). The first-order valence-electron chi connectivity index (χ1n) is 6.42. The van der Waals surface area contributed by atoms with E-state index in [1.165, 1.54) is 12.1 Å². The molecule has 0 bridgehead atoms. The highest BCUT2D eigenvalue weighted by atomic mass is 19.1. The third kappa shape index (κ3) is 3.53. The van der Waals surface area contributed by atoms with Crippen molar-refractivity contribution in [3.05, 3.63) is 29.6 Å². The van der Waals surface area contributed by atoms with Crippen LogP contribution in [0.15, 0.2) is 18.2 Å². The van der Waals surface area contributed by atoms with Crippen LogP contribution in [0.5, 0.6) is 0 Å². The molecule has 2 N–H and O–H groups in total. The minimum Gasteiger partial charge on any atom is -0.326 e. The van der Waals surface area contributed by atoms with E-state index >= 15 is 0 Å². The van der Waals surface area contributed by atoms with Crippen LogP contribution in [-0.2, 0) is 4.79 Å². The molecule has 1 atom stereocenters. The molecule has 3 nitrogen and oxygen atoms in total. The number of amides is 1. The molecule has 0 aliphatic carbocycles. The van der Waals surface area contributed by atoms with E-state index in [4.69, 9.17) is 0 Å². The third-order valence-corrected chi connectivity index (χ3v) is 3.40. The number of nitrogens with one attached hydrogen (secondary N) is 2. The fraction of sp³-hybridized carbons (Fsp3) is 0.500. The highest BCUT2D eigenvalue weighted by molar-refractivity contribution is 5.91. The number of hydrogen-bond donors (Lipinski definition) is 2. The quantitative estimate of drug-likeness (QED) is 0.862. The maximum absolute atomic E-state index is 12.9. The van der Waals surface area contributed by atoms with Gasteiger partial charge in [-0.2, -0.15) is 0 Å². The first kappa shape index (κ1) is 13.0. The molecular weight excluding hydrogens is 231 g/mol. The number of aryl methyl sites for hydroxylation is 1. The predicted octanol–water partition coefficient (Wildman–Crippen LogP) is 2.46. The van der Waals surface area contributed by atoms with Gasteiger partial charge in [0.25, 0.3) is 0 Å². The van der Waals surface area contributed by atoms with Crippen LogP contribution in [0.1, 0.15) is 24.8 Å². The van der Waals surface area contributed by atoms with Crippen molar-refractivity contribution in [2.75, 3.05) is 18.4 Å². The van der Waals surface area contributed by atoms with Crippen molar-refractivity contribution in [1.29, 1.82) is 0 Å². The molecule has 1 unspecified atom stereocenters. The van der Waals surface area contributed by atoms with Gasteiger partial charge in [0.2, 0.25) is 5.91 Å². The van der Waals surface area contributed by atoms with Gasteiger partial charge in [0.05, 0.1) is 0 Å². The lowest BCUT2D eigenvalue weighted by Crippen LogP contribution is -2.15. The molecule has 0 radical (unpaired) electrons. The predicted molar refractivity (Wildman–Crippen MR) is 70.0 cm³/mol. The summed E-state index contributed by atoms with van der Waals surface area (Å²) in [5.74, 6) is 0.351. The second kappa shape index (κ2) is 5.96. The van der Waals surface area contributed by atoms with Crippen molar-refractivity contribution < 1.29 is 9.18 Å². The summed E-state index contributed by atoms with van der Waals surface area (Å²) in [4.78, 5) is 11.8. The van der Waals surface area contributed by atoms with E-state index in [2.05, 4.69) is 10.6 Å². The maximum atomic E-state index is 12.9. The lowest BCUT2D eigenvalue weighted by Gasteiger charge is -2.10. The number of benzene rings is 1. The molecule has 1 saturated heterocycles. The zero-order chi connectivity index (χ0) is 13.0. The highest BCUT2D eigenvalue weighted by Crippen LogP contribution is 2.18. The molecule has 1 fully saturated rings. The van der Waals surface area contributed by atoms with Crippen LogP contribution in [-0.4, -0.2) is 19.0 Å². The van der Waals surface area contributed by atoms with E-state index in [-0.39, 0.29) is 11.7 Å². The van der Waals surface area contributed by atoms with E-state index in [9.17, 15) is 9.18 Å². The molecule has 98 valence electrons. The molecule has 0 spiro atoms. The molecule has 2 rings (SSSR count). The Kier molecular flexibility index (Phi) is 4.31. The van der Waals surface area contributed by atoms with Crippen LogP contribution in [0.4, 0.5) is 10.1 Å². The van der Waals surface area contributed by atoms with Crippen LogP contribution in [0.25, 0.3) is 0 Å². The number of carbonyl (C=O) groups is 1. The Labute approximate surface area is 107 Å². The Bertz CT molecular complexity index is 428. The van der Waals surface area contributed by atoms with Crippen LogP contribution in [0, 0.1) is 18.7 Å².